The molecule has 0 amide bonds. The minimum absolute atomic E-state index is 0.324. The molecule has 0 heterocycles. The summed E-state index contributed by atoms with van der Waals surface area (Å²) >= 11 is 4.56. The zero-order valence-corrected chi connectivity index (χ0v) is 23.4. The number of hydrogen-bond acceptors (Lipinski definition) is 6. The van der Waals surface area contributed by atoms with Crippen LogP contribution in [0.2, 0.25) is 0 Å². The molecular formula is C25H51O6PS. The predicted octanol–water partition coefficient (Wildman–Crippen LogP) is 7.40. The van der Waals surface area contributed by atoms with Crippen LogP contribution in [0.15, 0.2) is 0 Å². The number of aliphatic carboxylic acids is 1. The second kappa shape index (κ2) is 21.2. The Labute approximate surface area is 209 Å². The SMILES string of the molecule is CCCCCCCCCCCCC(CCCCC)CC(S)OC(CC)OC(O)([PH2]=O)C(=O)O. The lowest BCUT2D eigenvalue weighted by Crippen LogP contribution is -2.40. The number of carboxylic acids is 1. The molecule has 0 aliphatic rings. The molecule has 0 rings (SSSR count). The number of hydrogen-bond donors (Lipinski definition) is 3. The van der Waals surface area contributed by atoms with Crippen LogP contribution >= 0.6 is 21.1 Å². The summed E-state index contributed by atoms with van der Waals surface area (Å²) in [7, 11) is -2.07. The molecule has 0 spiro atoms. The summed E-state index contributed by atoms with van der Waals surface area (Å²) in [6.07, 6.45) is 19.2. The number of aliphatic hydroxyl groups is 1. The van der Waals surface area contributed by atoms with Crippen molar-refractivity contribution in [2.75, 3.05) is 0 Å². The highest BCUT2D eigenvalue weighted by Gasteiger charge is 2.39. The highest BCUT2D eigenvalue weighted by molar-refractivity contribution is 7.80. The Morgan fingerprint density at radius 2 is 1.33 bits per heavy atom. The largest absolute Gasteiger partial charge is 0.477 e. The van der Waals surface area contributed by atoms with Crippen molar-refractivity contribution in [2.45, 2.75) is 147 Å². The molecule has 198 valence electrons. The number of thiol groups is 1. The zero-order chi connectivity index (χ0) is 25.0. The van der Waals surface area contributed by atoms with Crippen molar-refractivity contribution in [1.82, 2.24) is 0 Å². The van der Waals surface area contributed by atoms with Crippen molar-refractivity contribution in [3.05, 3.63) is 0 Å². The summed E-state index contributed by atoms with van der Waals surface area (Å²) in [4.78, 5) is 11.2. The topological polar surface area (TPSA) is 93.1 Å². The number of unbranched alkanes of at least 4 members (excludes halogenated alkanes) is 11. The molecular weight excluding hydrogens is 459 g/mol. The molecule has 6 nitrogen and oxygen atoms in total. The molecule has 0 aromatic carbocycles. The van der Waals surface area contributed by atoms with E-state index in [2.05, 4.69) is 26.5 Å². The molecule has 0 bridgehead atoms. The van der Waals surface area contributed by atoms with Gasteiger partial charge in [-0.15, -0.1) is 12.6 Å². The minimum Gasteiger partial charge on any atom is -0.477 e. The van der Waals surface area contributed by atoms with Gasteiger partial charge in [-0.25, -0.2) is 4.79 Å². The van der Waals surface area contributed by atoms with Crippen LogP contribution in [0.4, 0.5) is 0 Å². The predicted molar refractivity (Wildman–Crippen MR) is 141 cm³/mol. The van der Waals surface area contributed by atoms with Crippen LogP contribution < -0.4 is 0 Å². The smallest absolute Gasteiger partial charge is 0.371 e. The molecule has 0 saturated carbocycles. The van der Waals surface area contributed by atoms with E-state index < -0.39 is 31.7 Å². The molecule has 5 atom stereocenters. The van der Waals surface area contributed by atoms with E-state index >= 15 is 0 Å². The number of carboxylic acid groups (broad SMARTS) is 1. The lowest BCUT2D eigenvalue weighted by atomic mass is 9.92. The van der Waals surface area contributed by atoms with E-state index in [0.29, 0.717) is 12.3 Å². The monoisotopic (exact) mass is 510 g/mol. The molecule has 8 heteroatoms. The highest BCUT2D eigenvalue weighted by atomic mass is 32.1. The first-order valence-electron chi connectivity index (χ1n) is 13.3. The van der Waals surface area contributed by atoms with E-state index in [1.165, 1.54) is 83.5 Å². The van der Waals surface area contributed by atoms with Crippen molar-refractivity contribution in [2.24, 2.45) is 5.92 Å². The summed E-state index contributed by atoms with van der Waals surface area (Å²) in [6, 6.07) is 0. The molecule has 2 N–H and O–H groups in total. The third-order valence-electron chi connectivity index (χ3n) is 6.14. The van der Waals surface area contributed by atoms with Gasteiger partial charge in [0.2, 0.25) is 0 Å². The number of carbonyl (C=O) groups is 1. The fourth-order valence-electron chi connectivity index (χ4n) is 4.04. The quantitative estimate of drug-likeness (QED) is 0.0542. The molecule has 0 aromatic rings. The van der Waals surface area contributed by atoms with Crippen molar-refractivity contribution >= 4 is 27.1 Å². The summed E-state index contributed by atoms with van der Waals surface area (Å²) in [5.41, 5.74) is -3.12. The van der Waals surface area contributed by atoms with Crippen LogP contribution in [0.25, 0.3) is 0 Å². The lowest BCUT2D eigenvalue weighted by molar-refractivity contribution is -0.256. The number of ether oxygens (including phenoxy) is 2. The van der Waals surface area contributed by atoms with E-state index in [9.17, 15) is 14.5 Å². The van der Waals surface area contributed by atoms with Gasteiger partial charge in [-0.3, -0.25) is 0 Å². The van der Waals surface area contributed by atoms with Gasteiger partial charge in [0.25, 0.3) is 0 Å². The zero-order valence-electron chi connectivity index (χ0n) is 21.3. The van der Waals surface area contributed by atoms with Crippen LogP contribution in [0.3, 0.4) is 0 Å². The van der Waals surface area contributed by atoms with Gasteiger partial charge in [0, 0.05) is 0 Å². The highest BCUT2D eigenvalue weighted by Crippen LogP contribution is 2.29. The summed E-state index contributed by atoms with van der Waals surface area (Å²) in [5.74, 6) is -1.17. The molecule has 33 heavy (non-hydrogen) atoms. The van der Waals surface area contributed by atoms with Crippen LogP contribution in [-0.4, -0.2) is 33.4 Å². The second-order valence-electron chi connectivity index (χ2n) is 9.23. The maximum absolute atomic E-state index is 11.2. The molecule has 0 fully saturated rings. The molecule has 0 saturated heterocycles. The van der Waals surface area contributed by atoms with Gasteiger partial charge in [0.1, 0.15) is 13.9 Å². The molecule has 5 unspecified atom stereocenters. The lowest BCUT2D eigenvalue weighted by Gasteiger charge is -2.28. The third kappa shape index (κ3) is 17.1. The van der Waals surface area contributed by atoms with Crippen molar-refractivity contribution in [1.29, 1.82) is 0 Å². The first-order chi connectivity index (χ1) is 15.8. The Morgan fingerprint density at radius 1 is 0.879 bits per heavy atom. The Bertz CT molecular complexity index is 496. The second-order valence-corrected chi connectivity index (χ2v) is 10.8. The summed E-state index contributed by atoms with van der Waals surface area (Å²) < 4.78 is 22.1. The van der Waals surface area contributed by atoms with Crippen molar-refractivity contribution < 1.29 is 29.0 Å². The van der Waals surface area contributed by atoms with Gasteiger partial charge in [0.15, 0.2) is 6.29 Å². The van der Waals surface area contributed by atoms with E-state index in [4.69, 9.17) is 14.6 Å². The van der Waals surface area contributed by atoms with E-state index in [1.54, 1.807) is 6.92 Å². The normalized spacial score (nSPS) is 16.6. The van der Waals surface area contributed by atoms with Crippen molar-refractivity contribution in [3.8, 4) is 0 Å². The standard InChI is InChI=1S/C25H51O6PS/c1-4-7-9-10-11-12-13-14-15-17-19-21(18-16-8-5-2)20-23(33)30-22(6-3)31-25(28,32-29)24(26)27/h21-23,28,33H,4-20,32H2,1-3H3,(H,26,27). The minimum atomic E-state index is -2.69. The average molecular weight is 511 g/mol. The molecule has 0 radical (unpaired) electrons. The fraction of sp³-hybridized carbons (Fsp3) is 0.960. The van der Waals surface area contributed by atoms with Gasteiger partial charge in [0.05, 0.1) is 0 Å². The van der Waals surface area contributed by atoms with Gasteiger partial charge in [-0.2, -0.15) is 0 Å². The molecule has 0 aromatic heterocycles. The maximum atomic E-state index is 11.2. The Morgan fingerprint density at radius 3 is 1.79 bits per heavy atom. The first-order valence-corrected chi connectivity index (χ1v) is 14.8. The van der Waals surface area contributed by atoms with Gasteiger partial charge in [-0.05, 0) is 18.8 Å². The maximum Gasteiger partial charge on any atom is 0.371 e. The third-order valence-corrected chi connectivity index (χ3v) is 7.17. The fourth-order valence-corrected chi connectivity index (χ4v) is 4.78. The van der Waals surface area contributed by atoms with E-state index in [-0.39, 0.29) is 0 Å². The first kappa shape index (κ1) is 32.9. The van der Waals surface area contributed by atoms with E-state index in [0.717, 1.165) is 19.3 Å². The summed E-state index contributed by atoms with van der Waals surface area (Å²) in [5, 5.41) is 19.0. The number of rotatable bonds is 24. The Balaban J connectivity index is 4.41. The van der Waals surface area contributed by atoms with Crippen LogP contribution in [0.1, 0.15) is 130 Å². The van der Waals surface area contributed by atoms with Crippen LogP contribution in [0, 0.1) is 5.92 Å². The van der Waals surface area contributed by atoms with Gasteiger partial charge >= 0.3 is 11.5 Å². The average Bonchev–Trinajstić information content (AvgIpc) is 2.79. The summed E-state index contributed by atoms with van der Waals surface area (Å²) in [6.45, 7) is 6.21. The molecule has 0 aliphatic carbocycles. The van der Waals surface area contributed by atoms with Crippen LogP contribution in [0.5, 0.6) is 0 Å². The van der Waals surface area contributed by atoms with Crippen molar-refractivity contribution in [3.63, 3.8) is 0 Å². The van der Waals surface area contributed by atoms with E-state index in [1.807, 2.05) is 0 Å². The molecule has 0 aliphatic heterocycles. The Kier molecular flexibility index (Phi) is 21.2. The van der Waals surface area contributed by atoms with Gasteiger partial charge in [-0.1, -0.05) is 117 Å². The van der Waals surface area contributed by atoms with Gasteiger partial charge < -0.3 is 24.3 Å². The van der Waals surface area contributed by atoms with Crippen LogP contribution in [-0.2, 0) is 18.8 Å². The Hall–Kier alpha value is -0.0700.